The van der Waals surface area contributed by atoms with E-state index < -0.39 is 23.5 Å². The van der Waals surface area contributed by atoms with E-state index in [-0.39, 0.29) is 5.56 Å². The van der Waals surface area contributed by atoms with Gasteiger partial charge in [0.15, 0.2) is 5.78 Å². The van der Waals surface area contributed by atoms with Gasteiger partial charge in [0.2, 0.25) is 0 Å². The summed E-state index contributed by atoms with van der Waals surface area (Å²) < 4.78 is 29.2. The molecular weight excluding hydrogens is 384 g/mol. The SMILES string of the molecule is Cn1cc(/C(=C/[C@@H](O)C(=O)c2ccc(F)cc2F)c2ccccc2)c2ccccc21. The number of carbonyl (C=O) groups excluding carboxylic acids is 1. The Balaban J connectivity index is 1.84. The van der Waals surface area contributed by atoms with Crippen molar-refractivity contribution in [2.75, 3.05) is 0 Å². The molecule has 0 aliphatic heterocycles. The van der Waals surface area contributed by atoms with E-state index in [1.54, 1.807) is 0 Å². The predicted molar refractivity (Wildman–Crippen MR) is 113 cm³/mol. The number of fused-ring (bicyclic) bond motifs is 1. The summed E-state index contributed by atoms with van der Waals surface area (Å²) in [4.78, 5) is 12.7. The minimum atomic E-state index is -1.60. The van der Waals surface area contributed by atoms with Crippen LogP contribution in [0, 0.1) is 11.6 Å². The van der Waals surface area contributed by atoms with E-state index in [1.165, 1.54) is 6.08 Å². The maximum atomic E-state index is 14.1. The zero-order valence-electron chi connectivity index (χ0n) is 16.2. The highest BCUT2D eigenvalue weighted by atomic mass is 19.1. The van der Waals surface area contributed by atoms with Crippen molar-refractivity contribution >= 4 is 22.3 Å². The molecule has 150 valence electrons. The summed E-state index contributed by atoms with van der Waals surface area (Å²) in [5.74, 6) is -2.62. The molecule has 1 aromatic heterocycles. The molecule has 0 saturated heterocycles. The van der Waals surface area contributed by atoms with Gasteiger partial charge in [0.25, 0.3) is 0 Å². The zero-order valence-corrected chi connectivity index (χ0v) is 16.2. The summed E-state index contributed by atoms with van der Waals surface area (Å²) in [6, 6.07) is 19.8. The van der Waals surface area contributed by atoms with E-state index in [2.05, 4.69) is 0 Å². The quantitative estimate of drug-likeness (QED) is 0.469. The molecule has 0 radical (unpaired) electrons. The third kappa shape index (κ3) is 3.67. The molecular formula is C25H19F2NO2. The lowest BCUT2D eigenvalue weighted by Crippen LogP contribution is -2.20. The molecule has 0 spiro atoms. The fourth-order valence-corrected chi connectivity index (χ4v) is 3.60. The number of aromatic nitrogens is 1. The van der Waals surface area contributed by atoms with E-state index in [0.717, 1.165) is 34.2 Å². The van der Waals surface area contributed by atoms with Gasteiger partial charge >= 0.3 is 0 Å². The molecule has 0 unspecified atom stereocenters. The zero-order chi connectivity index (χ0) is 21.3. The average molecular weight is 403 g/mol. The first-order valence-electron chi connectivity index (χ1n) is 9.44. The van der Waals surface area contributed by atoms with Crippen LogP contribution >= 0.6 is 0 Å². The van der Waals surface area contributed by atoms with Gasteiger partial charge in [0.05, 0.1) is 5.56 Å². The number of nitrogens with zero attached hydrogens (tertiary/aromatic N) is 1. The summed E-state index contributed by atoms with van der Waals surface area (Å²) in [5, 5.41) is 11.6. The Bertz CT molecular complexity index is 1260. The number of aliphatic hydroxyl groups excluding tert-OH is 1. The van der Waals surface area contributed by atoms with Crippen molar-refractivity contribution in [3.05, 3.63) is 113 Å². The fourth-order valence-electron chi connectivity index (χ4n) is 3.60. The van der Waals surface area contributed by atoms with E-state index in [9.17, 15) is 18.7 Å². The number of benzene rings is 3. The molecule has 4 rings (SSSR count). The van der Waals surface area contributed by atoms with Crippen LogP contribution in [0.5, 0.6) is 0 Å². The maximum Gasteiger partial charge on any atom is 0.198 e. The lowest BCUT2D eigenvalue weighted by molar-refractivity contribution is 0.0816. The Morgan fingerprint density at radius 1 is 0.967 bits per heavy atom. The van der Waals surface area contributed by atoms with Crippen molar-refractivity contribution in [1.29, 1.82) is 0 Å². The minimum Gasteiger partial charge on any atom is -0.381 e. The molecule has 0 saturated carbocycles. The van der Waals surface area contributed by atoms with Crippen LogP contribution in [0.25, 0.3) is 16.5 Å². The highest BCUT2D eigenvalue weighted by Crippen LogP contribution is 2.32. The van der Waals surface area contributed by atoms with Crippen LogP contribution in [0.2, 0.25) is 0 Å². The van der Waals surface area contributed by atoms with Gasteiger partial charge in [-0.1, -0.05) is 48.5 Å². The first-order chi connectivity index (χ1) is 14.5. The highest BCUT2D eigenvalue weighted by molar-refractivity contribution is 6.03. The summed E-state index contributed by atoms with van der Waals surface area (Å²) >= 11 is 0. The summed E-state index contributed by atoms with van der Waals surface area (Å²) in [6.45, 7) is 0. The maximum absolute atomic E-state index is 14.1. The second-order valence-corrected chi connectivity index (χ2v) is 7.05. The van der Waals surface area contributed by atoms with Crippen LogP contribution in [-0.2, 0) is 7.05 Å². The number of aryl methyl sites for hydroxylation is 1. The molecule has 1 N–H and O–H groups in total. The van der Waals surface area contributed by atoms with Crippen LogP contribution in [0.3, 0.4) is 0 Å². The standard InChI is InChI=1S/C25H19F2NO2/c1-28-15-21(18-9-5-6-10-23(18)28)20(16-7-3-2-4-8-16)14-24(29)25(30)19-12-11-17(26)13-22(19)27/h2-15,24,29H,1H3/b20-14+/t24-/m1/s1. The molecule has 0 bridgehead atoms. The Hall–Kier alpha value is -3.57. The number of hydrogen-bond acceptors (Lipinski definition) is 2. The fraction of sp³-hybridized carbons (Fsp3) is 0.0800. The van der Waals surface area contributed by atoms with Crippen LogP contribution in [-0.4, -0.2) is 21.6 Å². The number of hydrogen-bond donors (Lipinski definition) is 1. The predicted octanol–water partition coefficient (Wildman–Crippen LogP) is 5.13. The Labute approximate surface area is 172 Å². The molecule has 3 aromatic carbocycles. The molecule has 30 heavy (non-hydrogen) atoms. The Kier molecular flexibility index (Phi) is 5.29. The van der Waals surface area contributed by atoms with Crippen LogP contribution < -0.4 is 0 Å². The smallest absolute Gasteiger partial charge is 0.198 e. The van der Waals surface area contributed by atoms with Gasteiger partial charge < -0.3 is 9.67 Å². The van der Waals surface area contributed by atoms with E-state index >= 15 is 0 Å². The lowest BCUT2D eigenvalue weighted by atomic mass is 9.94. The molecule has 3 nitrogen and oxygen atoms in total. The van der Waals surface area contributed by atoms with E-state index in [4.69, 9.17) is 0 Å². The normalized spacial score (nSPS) is 12.9. The molecule has 5 heteroatoms. The van der Waals surface area contributed by atoms with Gasteiger partial charge in [-0.2, -0.15) is 0 Å². The van der Waals surface area contributed by atoms with Gasteiger partial charge in [-0.3, -0.25) is 4.79 Å². The molecule has 0 amide bonds. The van der Waals surface area contributed by atoms with E-state index in [0.29, 0.717) is 11.6 Å². The highest BCUT2D eigenvalue weighted by Gasteiger charge is 2.22. The van der Waals surface area contributed by atoms with Crippen LogP contribution in [0.1, 0.15) is 21.5 Å². The molecule has 1 heterocycles. The van der Waals surface area contributed by atoms with Crippen molar-refractivity contribution in [2.45, 2.75) is 6.10 Å². The number of Topliss-reactive ketones (excluding diaryl/α,β-unsaturated/α-hetero) is 1. The minimum absolute atomic E-state index is 0.356. The molecule has 1 atom stereocenters. The molecule has 0 fully saturated rings. The first kappa shape index (κ1) is 19.7. The Morgan fingerprint density at radius 2 is 1.67 bits per heavy atom. The third-order valence-corrected chi connectivity index (χ3v) is 5.06. The van der Waals surface area contributed by atoms with Gasteiger partial charge in [-0.05, 0) is 35.4 Å². The number of rotatable bonds is 5. The largest absolute Gasteiger partial charge is 0.381 e. The third-order valence-electron chi connectivity index (χ3n) is 5.06. The van der Waals surface area contributed by atoms with Crippen molar-refractivity contribution in [3.63, 3.8) is 0 Å². The Morgan fingerprint density at radius 3 is 2.40 bits per heavy atom. The number of para-hydroxylation sites is 1. The number of aliphatic hydroxyl groups is 1. The van der Waals surface area contributed by atoms with Crippen molar-refractivity contribution in [2.24, 2.45) is 7.05 Å². The second-order valence-electron chi connectivity index (χ2n) is 7.05. The van der Waals surface area contributed by atoms with Gasteiger partial charge in [0.1, 0.15) is 17.7 Å². The second kappa shape index (κ2) is 8.05. The van der Waals surface area contributed by atoms with Crippen molar-refractivity contribution < 1.29 is 18.7 Å². The summed E-state index contributed by atoms with van der Waals surface area (Å²) in [7, 11) is 1.92. The van der Waals surface area contributed by atoms with E-state index in [1.807, 2.05) is 72.4 Å². The van der Waals surface area contributed by atoms with Crippen molar-refractivity contribution in [3.8, 4) is 0 Å². The van der Waals surface area contributed by atoms with Crippen LogP contribution in [0.4, 0.5) is 8.78 Å². The number of halogens is 2. The monoisotopic (exact) mass is 403 g/mol. The average Bonchev–Trinajstić information content (AvgIpc) is 3.08. The van der Waals surface area contributed by atoms with Gasteiger partial charge in [-0.15, -0.1) is 0 Å². The lowest BCUT2D eigenvalue weighted by Gasteiger charge is -2.12. The molecule has 0 aliphatic rings. The van der Waals surface area contributed by atoms with Gasteiger partial charge in [0, 0.05) is 35.8 Å². The first-order valence-corrected chi connectivity index (χ1v) is 9.44. The molecule has 4 aromatic rings. The van der Waals surface area contributed by atoms with Gasteiger partial charge in [-0.25, -0.2) is 8.78 Å². The summed E-state index contributed by atoms with van der Waals surface area (Å²) in [5.41, 5.74) is 2.94. The topological polar surface area (TPSA) is 42.2 Å². The number of carbonyl (C=O) groups is 1. The summed E-state index contributed by atoms with van der Waals surface area (Å²) in [6.07, 6.45) is 1.75. The molecule has 0 aliphatic carbocycles. The number of ketones is 1. The van der Waals surface area contributed by atoms with Crippen molar-refractivity contribution in [1.82, 2.24) is 4.57 Å². The van der Waals surface area contributed by atoms with Crippen LogP contribution in [0.15, 0.2) is 85.1 Å².